The van der Waals surface area contributed by atoms with Crippen molar-refractivity contribution in [3.05, 3.63) is 34.1 Å². The van der Waals surface area contributed by atoms with E-state index in [0.717, 1.165) is 0 Å². The molecule has 0 amide bonds. The van der Waals surface area contributed by atoms with Crippen molar-refractivity contribution in [1.29, 1.82) is 0 Å². The van der Waals surface area contributed by atoms with Crippen LogP contribution in [0.3, 0.4) is 0 Å². The maximum absolute atomic E-state index is 13.4. The number of ether oxygens (including phenoxy) is 1. The van der Waals surface area contributed by atoms with E-state index in [9.17, 15) is 9.18 Å². The van der Waals surface area contributed by atoms with Crippen molar-refractivity contribution in [2.75, 3.05) is 7.11 Å². The van der Waals surface area contributed by atoms with Gasteiger partial charge in [-0.2, -0.15) is 0 Å². The van der Waals surface area contributed by atoms with Crippen LogP contribution in [0.5, 0.6) is 0 Å². The van der Waals surface area contributed by atoms with Gasteiger partial charge in [-0.3, -0.25) is 4.79 Å². The first-order chi connectivity index (χ1) is 6.57. The summed E-state index contributed by atoms with van der Waals surface area (Å²) in [5.41, 5.74) is 5.60. The Balaban J connectivity index is 0.00000196. The molecule has 0 aliphatic rings. The zero-order valence-corrected chi connectivity index (χ0v) is 10.3. The number of methoxy groups -OCH3 is 1. The summed E-state index contributed by atoms with van der Waals surface area (Å²) < 4.78 is 18.1. The minimum atomic E-state index is -1.09. The van der Waals surface area contributed by atoms with Crippen molar-refractivity contribution >= 4 is 34.3 Å². The monoisotopic (exact) mass is 297 g/mol. The molecule has 3 nitrogen and oxygen atoms in total. The van der Waals surface area contributed by atoms with Gasteiger partial charge in [-0.1, -0.05) is 12.1 Å². The Morgan fingerprint density at radius 3 is 2.73 bits per heavy atom. The van der Waals surface area contributed by atoms with Crippen LogP contribution in [0.25, 0.3) is 0 Å². The minimum absolute atomic E-state index is 0. The summed E-state index contributed by atoms with van der Waals surface area (Å²) in [5, 5.41) is 0. The quantitative estimate of drug-likeness (QED) is 0.852. The fraction of sp³-hybridized carbons (Fsp3) is 0.222. The predicted molar refractivity (Wildman–Crippen MR) is 60.3 cm³/mol. The Hall–Kier alpha value is -0.650. The molecule has 0 spiro atoms. The third-order valence-corrected chi connectivity index (χ3v) is 2.38. The van der Waals surface area contributed by atoms with Crippen molar-refractivity contribution in [3.8, 4) is 0 Å². The molecule has 0 bridgehead atoms. The molecule has 1 aromatic rings. The molecule has 84 valence electrons. The number of halogens is 3. The Morgan fingerprint density at radius 2 is 2.20 bits per heavy atom. The van der Waals surface area contributed by atoms with Gasteiger partial charge < -0.3 is 10.5 Å². The first-order valence-corrected chi connectivity index (χ1v) is 4.64. The predicted octanol–water partition coefficient (Wildman–Crippen LogP) is 2.18. The normalized spacial score (nSPS) is 11.5. The lowest BCUT2D eigenvalue weighted by atomic mass is 10.1. The van der Waals surface area contributed by atoms with Crippen LogP contribution in [0.1, 0.15) is 11.6 Å². The molecular weight excluding hydrogens is 288 g/mol. The highest BCUT2D eigenvalue weighted by Gasteiger charge is 2.20. The van der Waals surface area contributed by atoms with Crippen LogP contribution in [0, 0.1) is 5.82 Å². The number of carbonyl (C=O) groups is 1. The Kier molecular flexibility index (Phi) is 5.79. The van der Waals surface area contributed by atoms with E-state index in [-0.39, 0.29) is 22.4 Å². The molecular formula is C9H10BrClFNO2. The summed E-state index contributed by atoms with van der Waals surface area (Å²) in [4.78, 5) is 11.0. The van der Waals surface area contributed by atoms with E-state index in [4.69, 9.17) is 5.73 Å². The fourth-order valence-electron chi connectivity index (χ4n) is 1.01. The maximum Gasteiger partial charge on any atom is 0.327 e. The third kappa shape index (κ3) is 3.15. The van der Waals surface area contributed by atoms with E-state index < -0.39 is 17.8 Å². The van der Waals surface area contributed by atoms with Crippen LogP contribution < -0.4 is 5.73 Å². The van der Waals surface area contributed by atoms with Gasteiger partial charge in [0.25, 0.3) is 0 Å². The molecule has 0 saturated heterocycles. The smallest absolute Gasteiger partial charge is 0.327 e. The van der Waals surface area contributed by atoms with Crippen molar-refractivity contribution in [2.24, 2.45) is 5.73 Å². The summed E-state index contributed by atoms with van der Waals surface area (Å²) in [6.07, 6.45) is 0. The number of hydrogen-bond acceptors (Lipinski definition) is 3. The zero-order chi connectivity index (χ0) is 10.7. The second kappa shape index (κ2) is 6.05. The fourth-order valence-corrected chi connectivity index (χ4v) is 1.40. The van der Waals surface area contributed by atoms with E-state index >= 15 is 0 Å². The van der Waals surface area contributed by atoms with Gasteiger partial charge >= 0.3 is 5.97 Å². The van der Waals surface area contributed by atoms with Crippen LogP contribution in [0.2, 0.25) is 0 Å². The molecule has 0 aromatic heterocycles. The maximum atomic E-state index is 13.4. The van der Waals surface area contributed by atoms with Gasteiger partial charge in [-0.05, 0) is 22.0 Å². The van der Waals surface area contributed by atoms with E-state index in [2.05, 4.69) is 20.7 Å². The van der Waals surface area contributed by atoms with Gasteiger partial charge in [0.15, 0.2) is 0 Å². The molecule has 1 atom stereocenters. The molecule has 1 rings (SSSR count). The molecule has 6 heteroatoms. The second-order valence-corrected chi connectivity index (χ2v) is 3.50. The lowest BCUT2D eigenvalue weighted by Gasteiger charge is -2.10. The van der Waals surface area contributed by atoms with Gasteiger partial charge in [0.2, 0.25) is 0 Å². The highest BCUT2D eigenvalue weighted by molar-refractivity contribution is 9.10. The van der Waals surface area contributed by atoms with Gasteiger partial charge in [0.05, 0.1) is 11.6 Å². The molecule has 15 heavy (non-hydrogen) atoms. The van der Waals surface area contributed by atoms with Gasteiger partial charge in [-0.15, -0.1) is 12.4 Å². The Labute approximate surface area is 101 Å². The third-order valence-electron chi connectivity index (χ3n) is 1.77. The number of esters is 1. The molecule has 2 N–H and O–H groups in total. The van der Waals surface area contributed by atoms with Gasteiger partial charge in [-0.25, -0.2) is 4.39 Å². The Bertz CT molecular complexity index is 362. The molecule has 0 aliphatic heterocycles. The van der Waals surface area contributed by atoms with Crippen LogP contribution >= 0.6 is 28.3 Å². The van der Waals surface area contributed by atoms with Crippen LogP contribution in [-0.2, 0) is 9.53 Å². The van der Waals surface area contributed by atoms with E-state index in [0.29, 0.717) is 0 Å². The van der Waals surface area contributed by atoms with Crippen molar-refractivity contribution < 1.29 is 13.9 Å². The number of hydrogen-bond donors (Lipinski definition) is 1. The summed E-state index contributed by atoms with van der Waals surface area (Å²) >= 11 is 3.00. The number of nitrogens with two attached hydrogens (primary N) is 1. The highest BCUT2D eigenvalue weighted by Crippen LogP contribution is 2.23. The molecule has 0 radical (unpaired) electrons. The van der Waals surface area contributed by atoms with Crippen molar-refractivity contribution in [1.82, 2.24) is 0 Å². The zero-order valence-electron chi connectivity index (χ0n) is 7.87. The minimum Gasteiger partial charge on any atom is -0.468 e. The molecule has 1 aromatic carbocycles. The molecule has 1 unspecified atom stereocenters. The molecule has 0 fully saturated rings. The topological polar surface area (TPSA) is 52.3 Å². The van der Waals surface area contributed by atoms with Gasteiger partial charge in [0.1, 0.15) is 11.9 Å². The number of rotatable bonds is 2. The standard InChI is InChI=1S/C9H9BrFNO2.ClH/c1-14-9(13)8(12)5-3-2-4-6(10)7(5)11;/h2-4,8H,12H2,1H3;1H. The number of benzene rings is 1. The van der Waals surface area contributed by atoms with Crippen LogP contribution in [-0.4, -0.2) is 13.1 Å². The van der Waals surface area contributed by atoms with Crippen LogP contribution in [0.4, 0.5) is 4.39 Å². The lowest BCUT2D eigenvalue weighted by molar-refractivity contribution is -0.142. The lowest BCUT2D eigenvalue weighted by Crippen LogP contribution is -2.23. The summed E-state index contributed by atoms with van der Waals surface area (Å²) in [6.45, 7) is 0. The number of carbonyl (C=O) groups excluding carboxylic acids is 1. The van der Waals surface area contributed by atoms with Crippen molar-refractivity contribution in [3.63, 3.8) is 0 Å². The highest BCUT2D eigenvalue weighted by atomic mass is 79.9. The second-order valence-electron chi connectivity index (χ2n) is 2.64. The first-order valence-electron chi connectivity index (χ1n) is 3.85. The molecule has 0 saturated carbocycles. The van der Waals surface area contributed by atoms with E-state index in [1.807, 2.05) is 0 Å². The largest absolute Gasteiger partial charge is 0.468 e. The summed E-state index contributed by atoms with van der Waals surface area (Å²) in [6, 6.07) is 3.49. The molecule has 0 aliphatic carbocycles. The first kappa shape index (κ1) is 14.3. The summed E-state index contributed by atoms with van der Waals surface area (Å²) in [5.74, 6) is -1.20. The van der Waals surface area contributed by atoms with Crippen LogP contribution in [0.15, 0.2) is 22.7 Å². The van der Waals surface area contributed by atoms with E-state index in [1.54, 1.807) is 6.07 Å². The van der Waals surface area contributed by atoms with Crippen molar-refractivity contribution in [2.45, 2.75) is 6.04 Å². The van der Waals surface area contributed by atoms with Gasteiger partial charge in [0, 0.05) is 5.56 Å². The SMILES string of the molecule is COC(=O)C(N)c1cccc(Br)c1F.Cl. The Morgan fingerprint density at radius 1 is 1.60 bits per heavy atom. The average Bonchev–Trinajstić information content (AvgIpc) is 2.20. The average molecular weight is 299 g/mol. The molecule has 0 heterocycles. The van der Waals surface area contributed by atoms with E-state index in [1.165, 1.54) is 19.2 Å². The summed E-state index contributed by atoms with van der Waals surface area (Å²) in [7, 11) is 1.21.